The van der Waals surface area contributed by atoms with Crippen molar-refractivity contribution in [2.45, 2.75) is 13.5 Å². The first-order chi connectivity index (χ1) is 4.83. The molecule has 2 nitrogen and oxygen atoms in total. The molecule has 1 radical (unpaired) electrons. The van der Waals surface area contributed by atoms with E-state index in [4.69, 9.17) is 4.74 Å². The van der Waals surface area contributed by atoms with E-state index < -0.39 is 0 Å². The largest absolute Gasteiger partial charge is 0.380 e. The van der Waals surface area contributed by atoms with E-state index in [0.717, 1.165) is 11.3 Å². The van der Waals surface area contributed by atoms with Crippen molar-refractivity contribution in [3.8, 4) is 0 Å². The molecule has 0 saturated heterocycles. The SMILES string of the molecule is COCc1[c]c(C)ncc1. The molecule has 1 rings (SSSR count). The molecule has 0 aromatic carbocycles. The fourth-order valence-electron chi connectivity index (χ4n) is 0.785. The standard InChI is InChI=1S/C8H10NO/c1-7-5-8(6-10-2)3-4-9-7/h3-4H,6H2,1-2H3. The van der Waals surface area contributed by atoms with E-state index in [-0.39, 0.29) is 0 Å². The van der Waals surface area contributed by atoms with Gasteiger partial charge in [0.05, 0.1) is 6.61 Å². The summed E-state index contributed by atoms with van der Waals surface area (Å²) in [6.45, 7) is 2.53. The zero-order chi connectivity index (χ0) is 7.40. The average Bonchev–Trinajstić information content (AvgIpc) is 1.88. The Kier molecular flexibility index (Phi) is 2.40. The van der Waals surface area contributed by atoms with Gasteiger partial charge in [-0.15, -0.1) is 0 Å². The molecule has 0 aliphatic carbocycles. The molecule has 10 heavy (non-hydrogen) atoms. The molecule has 1 heterocycles. The van der Waals surface area contributed by atoms with E-state index in [2.05, 4.69) is 11.1 Å². The molecule has 0 spiro atoms. The number of nitrogens with zero attached hydrogens (tertiary/aromatic N) is 1. The fourth-order valence-corrected chi connectivity index (χ4v) is 0.785. The maximum Gasteiger partial charge on any atom is 0.0720 e. The molecule has 2 heteroatoms. The van der Waals surface area contributed by atoms with Crippen molar-refractivity contribution in [3.63, 3.8) is 0 Å². The van der Waals surface area contributed by atoms with Crippen LogP contribution >= 0.6 is 0 Å². The van der Waals surface area contributed by atoms with E-state index >= 15 is 0 Å². The third-order valence-electron chi connectivity index (χ3n) is 1.19. The molecule has 0 fully saturated rings. The first-order valence-electron chi connectivity index (χ1n) is 3.15. The Morgan fingerprint density at radius 1 is 1.70 bits per heavy atom. The van der Waals surface area contributed by atoms with Crippen LogP contribution in [0.4, 0.5) is 0 Å². The molecule has 0 amide bonds. The minimum absolute atomic E-state index is 0.614. The number of pyridine rings is 1. The summed E-state index contributed by atoms with van der Waals surface area (Å²) in [6, 6.07) is 4.97. The molecular formula is C8H10NO. The highest BCUT2D eigenvalue weighted by Crippen LogP contribution is 1.99. The van der Waals surface area contributed by atoms with Crippen LogP contribution in [0.1, 0.15) is 11.3 Å². The quantitative estimate of drug-likeness (QED) is 0.612. The first-order valence-corrected chi connectivity index (χ1v) is 3.15. The first kappa shape index (κ1) is 7.22. The molecule has 0 bridgehead atoms. The lowest BCUT2D eigenvalue weighted by Crippen LogP contribution is -1.89. The summed E-state index contributed by atoms with van der Waals surface area (Å²) in [7, 11) is 1.67. The molecular weight excluding hydrogens is 126 g/mol. The van der Waals surface area contributed by atoms with Crippen LogP contribution in [0.25, 0.3) is 0 Å². The number of aromatic nitrogens is 1. The van der Waals surface area contributed by atoms with Crippen molar-refractivity contribution in [3.05, 3.63) is 29.6 Å². The van der Waals surface area contributed by atoms with E-state index in [0.29, 0.717) is 6.61 Å². The summed E-state index contributed by atoms with van der Waals surface area (Å²) in [5.74, 6) is 0. The Morgan fingerprint density at radius 2 is 2.50 bits per heavy atom. The van der Waals surface area contributed by atoms with Gasteiger partial charge in [-0.1, -0.05) is 0 Å². The Bertz CT molecular complexity index is 210. The van der Waals surface area contributed by atoms with Gasteiger partial charge in [0.25, 0.3) is 0 Å². The van der Waals surface area contributed by atoms with Crippen molar-refractivity contribution in [2.24, 2.45) is 0 Å². The third kappa shape index (κ3) is 1.81. The molecule has 0 N–H and O–H groups in total. The lowest BCUT2D eigenvalue weighted by Gasteiger charge is -1.97. The van der Waals surface area contributed by atoms with E-state index in [1.807, 2.05) is 13.0 Å². The molecule has 0 unspecified atom stereocenters. The minimum Gasteiger partial charge on any atom is -0.380 e. The van der Waals surface area contributed by atoms with Crippen LogP contribution in [0.3, 0.4) is 0 Å². The van der Waals surface area contributed by atoms with Crippen molar-refractivity contribution >= 4 is 0 Å². The zero-order valence-corrected chi connectivity index (χ0v) is 6.22. The van der Waals surface area contributed by atoms with Gasteiger partial charge in [0, 0.05) is 25.1 Å². The molecule has 0 atom stereocenters. The lowest BCUT2D eigenvalue weighted by atomic mass is 10.2. The summed E-state index contributed by atoms with van der Waals surface area (Å²) >= 11 is 0. The summed E-state index contributed by atoms with van der Waals surface area (Å²) in [6.07, 6.45) is 1.76. The van der Waals surface area contributed by atoms with Crippen LogP contribution < -0.4 is 0 Å². The van der Waals surface area contributed by atoms with Gasteiger partial charge in [-0.2, -0.15) is 0 Å². The number of hydrogen-bond acceptors (Lipinski definition) is 2. The summed E-state index contributed by atoms with van der Waals surface area (Å²) < 4.78 is 4.92. The second-order valence-electron chi connectivity index (χ2n) is 2.11. The number of ether oxygens (including phenoxy) is 1. The highest BCUT2D eigenvalue weighted by Gasteiger charge is 1.91. The molecule has 53 valence electrons. The van der Waals surface area contributed by atoms with Crippen molar-refractivity contribution in [1.82, 2.24) is 4.98 Å². The fraction of sp³-hybridized carbons (Fsp3) is 0.375. The van der Waals surface area contributed by atoms with Crippen LogP contribution in [0, 0.1) is 13.0 Å². The van der Waals surface area contributed by atoms with Gasteiger partial charge in [0.2, 0.25) is 0 Å². The maximum atomic E-state index is 4.92. The molecule has 1 aromatic heterocycles. The third-order valence-corrected chi connectivity index (χ3v) is 1.19. The average molecular weight is 136 g/mol. The highest BCUT2D eigenvalue weighted by atomic mass is 16.5. The second kappa shape index (κ2) is 3.32. The van der Waals surface area contributed by atoms with Crippen LogP contribution in [-0.2, 0) is 11.3 Å². The van der Waals surface area contributed by atoms with Gasteiger partial charge < -0.3 is 4.74 Å². The predicted octanol–water partition coefficient (Wildman–Crippen LogP) is 1.34. The van der Waals surface area contributed by atoms with E-state index in [1.54, 1.807) is 13.3 Å². The second-order valence-corrected chi connectivity index (χ2v) is 2.11. The molecule has 0 aliphatic heterocycles. The number of methoxy groups -OCH3 is 1. The van der Waals surface area contributed by atoms with Crippen molar-refractivity contribution in [1.29, 1.82) is 0 Å². The Morgan fingerprint density at radius 3 is 3.10 bits per heavy atom. The monoisotopic (exact) mass is 136 g/mol. The van der Waals surface area contributed by atoms with Crippen LogP contribution in [0.15, 0.2) is 12.3 Å². The molecule has 1 aromatic rings. The van der Waals surface area contributed by atoms with Gasteiger partial charge in [-0.3, -0.25) is 4.98 Å². The predicted molar refractivity (Wildman–Crippen MR) is 38.5 cm³/mol. The van der Waals surface area contributed by atoms with Gasteiger partial charge in [0.15, 0.2) is 0 Å². The van der Waals surface area contributed by atoms with Gasteiger partial charge in [-0.25, -0.2) is 0 Å². The molecule has 0 saturated carbocycles. The minimum atomic E-state index is 0.614. The smallest absolute Gasteiger partial charge is 0.0720 e. The van der Waals surface area contributed by atoms with Gasteiger partial charge in [-0.05, 0) is 18.6 Å². The van der Waals surface area contributed by atoms with Crippen LogP contribution in [0.2, 0.25) is 0 Å². The van der Waals surface area contributed by atoms with Gasteiger partial charge >= 0.3 is 0 Å². The highest BCUT2D eigenvalue weighted by molar-refractivity contribution is 5.12. The van der Waals surface area contributed by atoms with Gasteiger partial charge in [0.1, 0.15) is 0 Å². The summed E-state index contributed by atoms with van der Waals surface area (Å²) in [5.41, 5.74) is 1.96. The van der Waals surface area contributed by atoms with E-state index in [1.165, 1.54) is 0 Å². The summed E-state index contributed by atoms with van der Waals surface area (Å²) in [4.78, 5) is 4.01. The summed E-state index contributed by atoms with van der Waals surface area (Å²) in [5, 5.41) is 0. The maximum absolute atomic E-state index is 4.92. The number of aryl methyl sites for hydroxylation is 1. The van der Waals surface area contributed by atoms with Crippen molar-refractivity contribution < 1.29 is 4.74 Å². The van der Waals surface area contributed by atoms with Crippen LogP contribution in [0.5, 0.6) is 0 Å². The Balaban J connectivity index is 2.75. The Labute approximate surface area is 60.9 Å². The number of hydrogen-bond donors (Lipinski definition) is 0. The zero-order valence-electron chi connectivity index (χ0n) is 6.22. The van der Waals surface area contributed by atoms with Crippen molar-refractivity contribution in [2.75, 3.05) is 7.11 Å². The van der Waals surface area contributed by atoms with Crippen LogP contribution in [-0.4, -0.2) is 12.1 Å². The molecule has 0 aliphatic rings. The number of rotatable bonds is 2. The van der Waals surface area contributed by atoms with E-state index in [9.17, 15) is 0 Å². The lowest BCUT2D eigenvalue weighted by molar-refractivity contribution is 0.184. The normalized spacial score (nSPS) is 9.80. The topological polar surface area (TPSA) is 22.1 Å². The Hall–Kier alpha value is -0.890.